The Morgan fingerprint density at radius 1 is 1.30 bits per heavy atom. The number of ether oxygens (including phenoxy) is 1. The van der Waals surface area contributed by atoms with Crippen LogP contribution < -0.4 is 15.4 Å². The minimum Gasteiger partial charge on any atom is -0.489 e. The molecule has 1 aromatic heterocycles. The van der Waals surface area contributed by atoms with E-state index in [1.54, 1.807) is 11.7 Å². The maximum Gasteiger partial charge on any atom is 0.191 e. The van der Waals surface area contributed by atoms with E-state index in [9.17, 15) is 0 Å². The van der Waals surface area contributed by atoms with Gasteiger partial charge in [-0.25, -0.2) is 4.98 Å². The van der Waals surface area contributed by atoms with Crippen molar-refractivity contribution in [3.63, 3.8) is 0 Å². The largest absolute Gasteiger partial charge is 0.489 e. The fraction of sp³-hybridized carbons (Fsp3) is 0.400. The maximum absolute atomic E-state index is 5.81. The van der Waals surface area contributed by atoms with E-state index in [1.807, 2.05) is 44.3 Å². The van der Waals surface area contributed by atoms with Gasteiger partial charge in [0.15, 0.2) is 5.96 Å². The smallest absolute Gasteiger partial charge is 0.191 e. The van der Waals surface area contributed by atoms with Crippen LogP contribution in [0.25, 0.3) is 0 Å². The number of rotatable bonds is 6. The van der Waals surface area contributed by atoms with Crippen LogP contribution in [0.5, 0.6) is 5.75 Å². The number of aryl methyl sites for hydroxylation is 1. The molecule has 1 heterocycles. The van der Waals surface area contributed by atoms with E-state index in [0.29, 0.717) is 19.0 Å². The summed E-state index contributed by atoms with van der Waals surface area (Å²) in [5.74, 6) is 2.40. The monoisotopic (exact) mass is 430 g/mol. The van der Waals surface area contributed by atoms with Crippen LogP contribution in [0.3, 0.4) is 0 Å². The average molecular weight is 430 g/mol. The number of hydrogen-bond donors (Lipinski definition) is 2. The summed E-state index contributed by atoms with van der Waals surface area (Å²) in [4.78, 5) is 8.33. The molecule has 0 fully saturated rings. The predicted molar refractivity (Wildman–Crippen MR) is 101 cm³/mol. The molecule has 8 heteroatoms. The van der Waals surface area contributed by atoms with E-state index >= 15 is 0 Å². The van der Waals surface area contributed by atoms with Crippen molar-refractivity contribution in [3.8, 4) is 5.75 Å². The fourth-order valence-corrected chi connectivity index (χ4v) is 1.88. The second-order valence-corrected chi connectivity index (χ2v) is 4.85. The molecule has 0 aliphatic heterocycles. The quantitative estimate of drug-likeness (QED) is 0.414. The zero-order chi connectivity index (χ0) is 15.8. The molecule has 0 aliphatic rings. The number of benzene rings is 1. The van der Waals surface area contributed by atoms with Gasteiger partial charge >= 0.3 is 0 Å². The Labute approximate surface area is 153 Å². The van der Waals surface area contributed by atoms with Crippen molar-refractivity contribution in [3.05, 3.63) is 42.5 Å². The summed E-state index contributed by atoms with van der Waals surface area (Å²) < 4.78 is 7.53. The van der Waals surface area contributed by atoms with Gasteiger partial charge < -0.3 is 15.4 Å². The summed E-state index contributed by atoms with van der Waals surface area (Å²) in [6.07, 6.45) is 1.55. The van der Waals surface area contributed by atoms with Crippen LogP contribution in [0.15, 0.2) is 41.7 Å². The topological polar surface area (TPSA) is 76.4 Å². The van der Waals surface area contributed by atoms with Crippen molar-refractivity contribution >= 4 is 29.9 Å². The molecule has 0 aliphatic carbocycles. The van der Waals surface area contributed by atoms with Crippen molar-refractivity contribution in [2.75, 3.05) is 13.6 Å². The first-order valence-electron chi connectivity index (χ1n) is 7.18. The molecular weight excluding hydrogens is 407 g/mol. The Kier molecular flexibility index (Phi) is 8.38. The maximum atomic E-state index is 5.81. The van der Waals surface area contributed by atoms with Crippen LogP contribution in [0.4, 0.5) is 0 Å². The number of para-hydroxylation sites is 1. The van der Waals surface area contributed by atoms with Gasteiger partial charge in [0, 0.05) is 14.1 Å². The SMILES string of the molecule is CN=C(NCc1ncnn1C)NCC(C)Oc1ccccc1.I. The van der Waals surface area contributed by atoms with Crippen LogP contribution in [0.2, 0.25) is 0 Å². The van der Waals surface area contributed by atoms with Crippen molar-refractivity contribution in [1.82, 2.24) is 25.4 Å². The summed E-state index contributed by atoms with van der Waals surface area (Å²) in [5, 5.41) is 10.4. The highest BCUT2D eigenvalue weighted by Crippen LogP contribution is 2.10. The molecule has 2 aromatic rings. The molecule has 2 N–H and O–H groups in total. The number of nitrogens with one attached hydrogen (secondary N) is 2. The minimum atomic E-state index is 0. The van der Waals surface area contributed by atoms with Crippen molar-refractivity contribution in [1.29, 1.82) is 0 Å². The lowest BCUT2D eigenvalue weighted by Crippen LogP contribution is -2.41. The number of guanidine groups is 1. The lowest BCUT2D eigenvalue weighted by atomic mass is 10.3. The van der Waals surface area contributed by atoms with Crippen molar-refractivity contribution in [2.45, 2.75) is 19.6 Å². The Hall–Kier alpha value is -1.84. The lowest BCUT2D eigenvalue weighted by Gasteiger charge is -2.17. The van der Waals surface area contributed by atoms with Gasteiger partial charge in [0.05, 0.1) is 13.1 Å². The number of aromatic nitrogens is 3. The molecule has 0 bridgehead atoms. The molecule has 126 valence electrons. The average Bonchev–Trinajstić information content (AvgIpc) is 2.94. The summed E-state index contributed by atoms with van der Waals surface area (Å²) in [6.45, 7) is 3.22. The summed E-state index contributed by atoms with van der Waals surface area (Å²) in [5.41, 5.74) is 0. The molecule has 7 nitrogen and oxygen atoms in total. The first-order chi connectivity index (χ1) is 10.7. The highest BCUT2D eigenvalue weighted by molar-refractivity contribution is 14.0. The third-order valence-electron chi connectivity index (χ3n) is 3.08. The van der Waals surface area contributed by atoms with E-state index in [4.69, 9.17) is 4.74 Å². The molecule has 0 saturated heterocycles. The third-order valence-corrected chi connectivity index (χ3v) is 3.08. The van der Waals surface area contributed by atoms with Crippen LogP contribution >= 0.6 is 24.0 Å². The number of aliphatic imine (C=N–C) groups is 1. The zero-order valence-corrected chi connectivity index (χ0v) is 15.9. The molecule has 0 amide bonds. The number of halogens is 1. The number of nitrogens with zero attached hydrogens (tertiary/aromatic N) is 4. The van der Waals surface area contributed by atoms with Gasteiger partial charge in [-0.3, -0.25) is 9.67 Å². The summed E-state index contributed by atoms with van der Waals surface area (Å²) >= 11 is 0. The molecule has 0 saturated carbocycles. The van der Waals surface area contributed by atoms with Crippen LogP contribution in [0, 0.1) is 0 Å². The highest BCUT2D eigenvalue weighted by atomic mass is 127. The van der Waals surface area contributed by atoms with E-state index in [-0.39, 0.29) is 30.1 Å². The number of hydrogen-bond acceptors (Lipinski definition) is 4. The van der Waals surface area contributed by atoms with E-state index in [2.05, 4.69) is 25.7 Å². The molecule has 0 radical (unpaired) electrons. The summed E-state index contributed by atoms with van der Waals surface area (Å²) in [7, 11) is 3.59. The van der Waals surface area contributed by atoms with E-state index in [1.165, 1.54) is 6.33 Å². The van der Waals surface area contributed by atoms with Gasteiger partial charge in [-0.05, 0) is 19.1 Å². The second-order valence-electron chi connectivity index (χ2n) is 4.85. The minimum absolute atomic E-state index is 0. The van der Waals surface area contributed by atoms with E-state index in [0.717, 1.165) is 11.6 Å². The van der Waals surface area contributed by atoms with Crippen molar-refractivity contribution in [2.24, 2.45) is 12.0 Å². The van der Waals surface area contributed by atoms with Crippen LogP contribution in [-0.2, 0) is 13.6 Å². The molecule has 1 atom stereocenters. The van der Waals surface area contributed by atoms with Crippen LogP contribution in [-0.4, -0.2) is 40.4 Å². The Morgan fingerprint density at radius 3 is 2.65 bits per heavy atom. The van der Waals surface area contributed by atoms with E-state index < -0.39 is 0 Å². The molecule has 23 heavy (non-hydrogen) atoms. The zero-order valence-electron chi connectivity index (χ0n) is 13.6. The predicted octanol–water partition coefficient (Wildman–Crippen LogP) is 1.57. The lowest BCUT2D eigenvalue weighted by molar-refractivity contribution is 0.224. The molecule has 2 rings (SSSR count). The first kappa shape index (κ1) is 19.2. The van der Waals surface area contributed by atoms with Crippen LogP contribution in [0.1, 0.15) is 12.7 Å². The standard InChI is InChI=1S/C15H22N6O.HI/c1-12(22-13-7-5-4-6-8-13)9-17-15(16-2)18-10-14-19-11-20-21(14)3;/h4-8,11-12H,9-10H2,1-3H3,(H2,16,17,18);1H. The van der Waals surface area contributed by atoms with Gasteiger partial charge in [-0.15, -0.1) is 24.0 Å². The fourth-order valence-electron chi connectivity index (χ4n) is 1.88. The molecule has 1 aromatic carbocycles. The molecule has 1 unspecified atom stereocenters. The van der Waals surface area contributed by atoms with Gasteiger partial charge in [0.2, 0.25) is 0 Å². The summed E-state index contributed by atoms with van der Waals surface area (Å²) in [6, 6.07) is 9.76. The first-order valence-corrected chi connectivity index (χ1v) is 7.18. The van der Waals surface area contributed by atoms with Crippen molar-refractivity contribution < 1.29 is 4.74 Å². The molecule has 0 spiro atoms. The Bertz CT molecular complexity index is 601. The van der Waals surface area contributed by atoms with Gasteiger partial charge in [0.1, 0.15) is 24.0 Å². The molecular formula is C15H23IN6O. The normalized spacial score (nSPS) is 12.2. The highest BCUT2D eigenvalue weighted by Gasteiger charge is 2.06. The van der Waals surface area contributed by atoms with Gasteiger partial charge in [-0.2, -0.15) is 5.10 Å². The van der Waals surface area contributed by atoms with Gasteiger partial charge in [-0.1, -0.05) is 18.2 Å². The third kappa shape index (κ3) is 6.43. The Morgan fingerprint density at radius 2 is 2.04 bits per heavy atom. The van der Waals surface area contributed by atoms with Gasteiger partial charge in [0.25, 0.3) is 0 Å². The Balaban J connectivity index is 0.00000264. The second kappa shape index (κ2) is 10.0.